The first kappa shape index (κ1) is 12.1. The summed E-state index contributed by atoms with van der Waals surface area (Å²) in [6, 6.07) is 0. The van der Waals surface area contributed by atoms with Gasteiger partial charge in [0.2, 0.25) is 0 Å². The van der Waals surface area contributed by atoms with Crippen LogP contribution in [0.15, 0.2) is 34.9 Å². The minimum Gasteiger partial charge on any atom is -0.469 e. The fourth-order valence-electron chi connectivity index (χ4n) is 2.45. The second-order valence-corrected chi connectivity index (χ2v) is 4.44. The van der Waals surface area contributed by atoms with Gasteiger partial charge in [-0.2, -0.15) is 0 Å². The van der Waals surface area contributed by atoms with Crippen LogP contribution in [-0.2, 0) is 9.53 Å². The predicted octanol–water partition coefficient (Wildman–Crippen LogP) is 2.28. The molecule has 3 heteroatoms. The summed E-state index contributed by atoms with van der Waals surface area (Å²) in [6.07, 6.45) is 9.61. The highest BCUT2D eigenvalue weighted by atomic mass is 16.5. The third-order valence-corrected chi connectivity index (χ3v) is 3.37. The van der Waals surface area contributed by atoms with Crippen molar-refractivity contribution in [3.05, 3.63) is 34.9 Å². The quantitative estimate of drug-likeness (QED) is 0.762. The van der Waals surface area contributed by atoms with Gasteiger partial charge in [-0.15, -0.1) is 0 Å². The Morgan fingerprint density at radius 2 is 2.41 bits per heavy atom. The maximum atomic E-state index is 11.1. The number of aliphatic hydroxyl groups is 1. The molecule has 0 saturated heterocycles. The van der Waals surface area contributed by atoms with E-state index >= 15 is 0 Å². The van der Waals surface area contributed by atoms with Crippen LogP contribution in [0.4, 0.5) is 0 Å². The highest BCUT2D eigenvalue weighted by Crippen LogP contribution is 2.34. The number of carbonyl (C=O) groups is 1. The lowest BCUT2D eigenvalue weighted by molar-refractivity contribution is -0.140. The summed E-state index contributed by atoms with van der Waals surface area (Å²) in [5.74, 6) is -0.182. The van der Waals surface area contributed by atoms with E-state index in [9.17, 15) is 9.90 Å². The van der Waals surface area contributed by atoms with E-state index in [1.165, 1.54) is 12.7 Å². The van der Waals surface area contributed by atoms with Crippen molar-refractivity contribution in [3.8, 4) is 0 Å². The zero-order valence-electron chi connectivity index (χ0n) is 10.1. The number of carbonyl (C=O) groups excluding carboxylic acids is 1. The molecule has 1 N–H and O–H groups in total. The molecule has 0 heterocycles. The van der Waals surface area contributed by atoms with Crippen molar-refractivity contribution in [1.29, 1.82) is 0 Å². The van der Waals surface area contributed by atoms with E-state index in [2.05, 4.69) is 16.9 Å². The molecular weight excluding hydrogens is 216 g/mol. The van der Waals surface area contributed by atoms with Crippen LogP contribution in [0.1, 0.15) is 32.1 Å². The molecule has 2 aliphatic rings. The fraction of sp³-hybridized carbons (Fsp3) is 0.500. The molecule has 2 aliphatic carbocycles. The van der Waals surface area contributed by atoms with E-state index in [0.29, 0.717) is 19.3 Å². The molecule has 1 atom stereocenters. The Hall–Kier alpha value is -1.35. The summed E-state index contributed by atoms with van der Waals surface area (Å²) in [5, 5.41) is 9.92. The second-order valence-electron chi connectivity index (χ2n) is 4.44. The highest BCUT2D eigenvalue weighted by Gasteiger charge is 2.22. The largest absolute Gasteiger partial charge is 0.469 e. The van der Waals surface area contributed by atoms with Crippen LogP contribution in [0.5, 0.6) is 0 Å². The van der Waals surface area contributed by atoms with Crippen molar-refractivity contribution in [3.63, 3.8) is 0 Å². The summed E-state index contributed by atoms with van der Waals surface area (Å²) in [5.41, 5.74) is 3.44. The van der Waals surface area contributed by atoms with Gasteiger partial charge in [-0.1, -0.05) is 18.2 Å². The maximum Gasteiger partial charge on any atom is 0.305 e. The van der Waals surface area contributed by atoms with E-state index in [1.54, 1.807) is 0 Å². The van der Waals surface area contributed by atoms with Crippen molar-refractivity contribution in [2.45, 2.75) is 38.2 Å². The molecule has 0 bridgehead atoms. The summed E-state index contributed by atoms with van der Waals surface area (Å²) >= 11 is 0. The van der Waals surface area contributed by atoms with Crippen molar-refractivity contribution in [2.24, 2.45) is 0 Å². The van der Waals surface area contributed by atoms with Crippen LogP contribution in [-0.4, -0.2) is 24.3 Å². The molecule has 0 amide bonds. The Bertz CT molecular complexity index is 402. The first-order valence-corrected chi connectivity index (χ1v) is 6.06. The molecule has 2 rings (SSSR count). The number of aliphatic hydroxyl groups excluding tert-OH is 1. The maximum absolute atomic E-state index is 11.1. The molecule has 1 unspecified atom stereocenters. The summed E-state index contributed by atoms with van der Waals surface area (Å²) in [4.78, 5) is 11.1. The minimum absolute atomic E-state index is 0.182. The standard InChI is InChI=1S/C14H18O3/c1-17-14(16)9-8-10-4-2-6-12-11(10)5-3-7-13(12)15/h3-5,13,15H,2,6-9H2,1H3. The normalized spacial score (nSPS) is 23.2. The van der Waals surface area contributed by atoms with Gasteiger partial charge in [0.25, 0.3) is 0 Å². The molecule has 0 aromatic carbocycles. The average molecular weight is 234 g/mol. The van der Waals surface area contributed by atoms with Crippen LogP contribution >= 0.6 is 0 Å². The van der Waals surface area contributed by atoms with Gasteiger partial charge in [0.1, 0.15) is 0 Å². The van der Waals surface area contributed by atoms with Gasteiger partial charge in [0.05, 0.1) is 13.2 Å². The lowest BCUT2D eigenvalue weighted by Gasteiger charge is -2.26. The minimum atomic E-state index is -0.336. The zero-order chi connectivity index (χ0) is 12.3. The summed E-state index contributed by atoms with van der Waals surface area (Å²) in [6.45, 7) is 0. The topological polar surface area (TPSA) is 46.5 Å². The van der Waals surface area contributed by atoms with E-state index in [1.807, 2.05) is 6.08 Å². The molecular formula is C14H18O3. The Morgan fingerprint density at radius 3 is 3.18 bits per heavy atom. The van der Waals surface area contributed by atoms with Crippen LogP contribution in [0.25, 0.3) is 0 Å². The van der Waals surface area contributed by atoms with Gasteiger partial charge in [-0.3, -0.25) is 4.79 Å². The third-order valence-electron chi connectivity index (χ3n) is 3.37. The molecule has 92 valence electrons. The Labute approximate surface area is 101 Å². The average Bonchev–Trinajstić information content (AvgIpc) is 2.36. The number of hydrogen-bond donors (Lipinski definition) is 1. The monoisotopic (exact) mass is 234 g/mol. The summed E-state index contributed by atoms with van der Waals surface area (Å²) in [7, 11) is 1.41. The summed E-state index contributed by atoms with van der Waals surface area (Å²) < 4.78 is 4.65. The molecule has 3 nitrogen and oxygen atoms in total. The smallest absolute Gasteiger partial charge is 0.305 e. The van der Waals surface area contributed by atoms with Gasteiger partial charge < -0.3 is 9.84 Å². The fourth-order valence-corrected chi connectivity index (χ4v) is 2.45. The van der Waals surface area contributed by atoms with E-state index in [4.69, 9.17) is 0 Å². The van der Waals surface area contributed by atoms with Gasteiger partial charge in [0, 0.05) is 6.42 Å². The Kier molecular flexibility index (Phi) is 3.79. The van der Waals surface area contributed by atoms with E-state index < -0.39 is 0 Å². The first-order valence-electron chi connectivity index (χ1n) is 6.06. The molecule has 0 aromatic rings. The molecule has 0 spiro atoms. The van der Waals surface area contributed by atoms with E-state index in [0.717, 1.165) is 24.0 Å². The van der Waals surface area contributed by atoms with E-state index in [-0.39, 0.29) is 12.1 Å². The van der Waals surface area contributed by atoms with Gasteiger partial charge in [-0.25, -0.2) is 0 Å². The van der Waals surface area contributed by atoms with Crippen LogP contribution in [0.2, 0.25) is 0 Å². The molecule has 0 fully saturated rings. The van der Waals surface area contributed by atoms with Crippen LogP contribution in [0.3, 0.4) is 0 Å². The lowest BCUT2D eigenvalue weighted by Crippen LogP contribution is -2.17. The first-order chi connectivity index (χ1) is 8.22. The number of esters is 1. The zero-order valence-corrected chi connectivity index (χ0v) is 10.1. The number of methoxy groups -OCH3 is 1. The van der Waals surface area contributed by atoms with Crippen molar-refractivity contribution in [2.75, 3.05) is 7.11 Å². The van der Waals surface area contributed by atoms with Gasteiger partial charge in [0.15, 0.2) is 0 Å². The van der Waals surface area contributed by atoms with Crippen molar-refractivity contribution >= 4 is 5.97 Å². The van der Waals surface area contributed by atoms with Crippen molar-refractivity contribution in [1.82, 2.24) is 0 Å². The Morgan fingerprint density at radius 1 is 1.59 bits per heavy atom. The lowest BCUT2D eigenvalue weighted by atomic mass is 9.82. The number of hydrogen-bond acceptors (Lipinski definition) is 3. The highest BCUT2D eigenvalue weighted by molar-refractivity contribution is 5.70. The molecule has 0 aliphatic heterocycles. The number of allylic oxidation sites excluding steroid dienone is 4. The van der Waals surface area contributed by atoms with Crippen molar-refractivity contribution < 1.29 is 14.6 Å². The molecule has 17 heavy (non-hydrogen) atoms. The molecule has 0 saturated carbocycles. The predicted molar refractivity (Wildman–Crippen MR) is 65.4 cm³/mol. The molecule has 0 radical (unpaired) electrons. The third kappa shape index (κ3) is 2.67. The van der Waals surface area contributed by atoms with Crippen LogP contribution in [0, 0.1) is 0 Å². The number of ether oxygens (including phenoxy) is 1. The second kappa shape index (κ2) is 5.32. The van der Waals surface area contributed by atoms with Gasteiger partial charge >= 0.3 is 5.97 Å². The SMILES string of the molecule is COC(=O)CCC1=CCCC2=C1C=CCC2O. The van der Waals surface area contributed by atoms with Gasteiger partial charge in [-0.05, 0) is 42.4 Å². The molecule has 0 aromatic heterocycles. The Balaban J connectivity index is 2.10. The van der Waals surface area contributed by atoms with Crippen LogP contribution < -0.4 is 0 Å². The number of rotatable bonds is 3.